The van der Waals surface area contributed by atoms with E-state index in [1.807, 2.05) is 248 Å². The predicted octanol–water partition coefficient (Wildman–Crippen LogP) is 17.8. The van der Waals surface area contributed by atoms with Crippen LogP contribution in [-0.2, 0) is 98.6 Å². The zero-order chi connectivity index (χ0) is 94.7. The molecule has 1 unspecified atom stereocenters. The van der Waals surface area contributed by atoms with Gasteiger partial charge in [-0.1, -0.05) is 164 Å². The molecule has 8 aliphatic heterocycles. The summed E-state index contributed by atoms with van der Waals surface area (Å²) >= 11 is 0. The number of aldehydes is 1. The Labute approximate surface area is 768 Å². The van der Waals surface area contributed by atoms with Crippen LogP contribution in [-0.4, -0.2) is 236 Å². The van der Waals surface area contributed by atoms with E-state index in [1.54, 1.807) is 58.5 Å². The van der Waals surface area contributed by atoms with Crippen molar-refractivity contribution >= 4 is 48.3 Å². The third kappa shape index (κ3) is 32.1. The van der Waals surface area contributed by atoms with Gasteiger partial charge in [0.2, 0.25) is 0 Å². The number of hydrogen-bond acceptors (Lipinski definition) is 22. The molecular weight excluding hydrogens is 1660 g/mol. The standard InChI is InChI=1S/C21H29NO4.C20H29NO5.C20H27NO5.C19H25NO3.C17H21NO3.C6H7NO/c1-5-17-14-21(24-11-12-25-21)15-18(13-16-9-7-6-8-10-16)22(17)19(23)26-20(2,3)4;2*1-19(2,3)26-18(23)21-16(11-15-7-5-4-6-8-15)12-20(13-17(21)14-22)24-9-10-25-20;1-5-15-12-17(21)13-16(11-14-9-7-6-8-10-14)20(15)18(22)23-19(2,3)4;1-17(2,3)21-16(20)18-10-9-15(19)12-14(18)11-13-7-5-4-6-8-13;1-8-6-2-4-7-5-3-6/h5-10,17-18H,1,11-15H2,2-4H3;4-8,16-17,22H,9-14H2,1-3H3;4-8,14,16-17H,9-13H2,1-3H3;5-10,15-16H,1,11-13H2,2-4H3;4-10,14H,11-12H2,1-3H3;2-5H,1H3/t17-,18+;2*16-,17-;15-,16+;;/m1001../s1. The number of ketones is 2. The van der Waals surface area contributed by atoms with E-state index in [4.69, 9.17) is 56.8 Å². The average Bonchev–Trinajstić information content (AvgIpc) is 1.41. The van der Waals surface area contributed by atoms with Crippen LogP contribution in [0.5, 0.6) is 5.75 Å². The number of Topliss-reactive ketones (excluding diaryl/α,β-unsaturated/α-hetero) is 1. The van der Waals surface area contributed by atoms with Crippen LogP contribution in [0, 0.1) is 0 Å². The number of allylic oxidation sites excluding steroid dienone is 1. The molecule has 8 aliphatic rings. The number of likely N-dealkylation sites (tertiary alicyclic amines) is 4. The Morgan fingerprint density at radius 2 is 0.692 bits per heavy atom. The number of aromatic nitrogens is 1. The minimum absolute atomic E-state index is 0.0377. The summed E-state index contributed by atoms with van der Waals surface area (Å²) in [5.74, 6) is -1.09. The Bertz CT molecular complexity index is 4490. The molecule has 9 heterocycles. The molecule has 7 fully saturated rings. The molecular formula is C103H138N6O21. The maximum Gasteiger partial charge on any atom is 0.414 e. The van der Waals surface area contributed by atoms with E-state index in [-0.39, 0.29) is 72.7 Å². The number of rotatable bonds is 15. The highest BCUT2D eigenvalue weighted by atomic mass is 16.8. The molecule has 27 heteroatoms. The van der Waals surface area contributed by atoms with Crippen LogP contribution in [0.4, 0.5) is 24.0 Å². The highest BCUT2D eigenvalue weighted by Crippen LogP contribution is 2.44. The van der Waals surface area contributed by atoms with Gasteiger partial charge in [0, 0.05) is 101 Å². The fourth-order valence-corrected chi connectivity index (χ4v) is 17.0. The third-order valence-electron chi connectivity index (χ3n) is 22.2. The van der Waals surface area contributed by atoms with Crippen LogP contribution in [0.25, 0.3) is 0 Å². The lowest BCUT2D eigenvalue weighted by Gasteiger charge is -2.48. The fraction of sp³-hybridized carbons (Fsp3) is 0.524. The Morgan fingerprint density at radius 3 is 1.02 bits per heavy atom. The first-order chi connectivity index (χ1) is 61.5. The van der Waals surface area contributed by atoms with Crippen molar-refractivity contribution < 1.29 is 100 Å². The van der Waals surface area contributed by atoms with E-state index in [9.17, 15) is 43.5 Å². The number of aliphatic hydroxyl groups is 1. The first kappa shape index (κ1) is 103. The van der Waals surface area contributed by atoms with Crippen LogP contribution in [0.2, 0.25) is 0 Å². The van der Waals surface area contributed by atoms with Crippen LogP contribution in [0.15, 0.2) is 214 Å². The first-order valence-electron chi connectivity index (χ1n) is 45.1. The highest BCUT2D eigenvalue weighted by Gasteiger charge is 2.54. The van der Waals surface area contributed by atoms with Crippen molar-refractivity contribution in [2.75, 3.05) is 53.4 Å². The summed E-state index contributed by atoms with van der Waals surface area (Å²) in [7, 11) is 1.63. The Morgan fingerprint density at radius 1 is 0.392 bits per heavy atom. The second kappa shape index (κ2) is 46.9. The summed E-state index contributed by atoms with van der Waals surface area (Å²) in [6.45, 7) is 38.5. The number of carbonyl (C=O) groups is 8. The molecule has 5 amide bonds. The van der Waals surface area contributed by atoms with Crippen molar-refractivity contribution in [3.05, 3.63) is 242 Å². The van der Waals surface area contributed by atoms with E-state index in [1.165, 1.54) is 22.7 Å². The van der Waals surface area contributed by atoms with Gasteiger partial charge in [0.25, 0.3) is 0 Å². The number of piperidine rings is 4. The zero-order valence-corrected chi connectivity index (χ0v) is 78.9. The Hall–Kier alpha value is -10.7. The number of aliphatic hydroxyl groups excluding tert-OH is 1. The molecule has 1 aromatic heterocycles. The van der Waals surface area contributed by atoms with Crippen molar-refractivity contribution in [1.82, 2.24) is 29.5 Å². The maximum absolute atomic E-state index is 13.0. The van der Waals surface area contributed by atoms with Gasteiger partial charge in [0.1, 0.15) is 45.8 Å². The number of hydrogen-bond donors (Lipinski definition) is 1. The van der Waals surface area contributed by atoms with Crippen LogP contribution in [0.1, 0.15) is 189 Å². The molecule has 9 atom stereocenters. The second-order valence-electron chi connectivity index (χ2n) is 38.7. The molecule has 7 saturated heterocycles. The predicted molar refractivity (Wildman–Crippen MR) is 494 cm³/mol. The number of amides is 5. The van der Waals surface area contributed by atoms with Gasteiger partial charge in [-0.15, -0.1) is 13.2 Å². The summed E-state index contributed by atoms with van der Waals surface area (Å²) in [4.78, 5) is 111. The van der Waals surface area contributed by atoms with Gasteiger partial charge in [0.15, 0.2) is 23.1 Å². The van der Waals surface area contributed by atoms with Gasteiger partial charge in [-0.05, 0) is 182 Å². The maximum atomic E-state index is 13.0. The van der Waals surface area contributed by atoms with Gasteiger partial charge >= 0.3 is 30.5 Å². The second-order valence-corrected chi connectivity index (χ2v) is 38.7. The zero-order valence-electron chi connectivity index (χ0n) is 78.9. The molecule has 14 rings (SSSR count). The van der Waals surface area contributed by atoms with Crippen molar-refractivity contribution in [2.45, 2.75) is 293 Å². The number of pyridine rings is 1. The molecule has 1 N–H and O–H groups in total. The van der Waals surface area contributed by atoms with Gasteiger partial charge < -0.3 is 66.7 Å². The van der Waals surface area contributed by atoms with Gasteiger partial charge in [0.05, 0.1) is 83.6 Å². The van der Waals surface area contributed by atoms with E-state index in [0.717, 1.165) is 40.7 Å². The van der Waals surface area contributed by atoms with E-state index >= 15 is 0 Å². The topological polar surface area (TPSA) is 297 Å². The number of nitrogens with zero attached hydrogens (tertiary/aromatic N) is 6. The molecule has 130 heavy (non-hydrogen) atoms. The summed E-state index contributed by atoms with van der Waals surface area (Å²) in [5.41, 5.74) is 2.69. The molecule has 6 aromatic rings. The Kier molecular flexibility index (Phi) is 37.2. The summed E-state index contributed by atoms with van der Waals surface area (Å²) in [6, 6.07) is 51.0. The van der Waals surface area contributed by atoms with E-state index < -0.39 is 75.7 Å². The van der Waals surface area contributed by atoms with Gasteiger partial charge in [-0.2, -0.15) is 0 Å². The van der Waals surface area contributed by atoms with Crippen LogP contribution >= 0.6 is 0 Å². The van der Waals surface area contributed by atoms with Crippen molar-refractivity contribution in [1.29, 1.82) is 0 Å². The van der Waals surface area contributed by atoms with Crippen LogP contribution < -0.4 is 4.74 Å². The lowest BCUT2D eigenvalue weighted by atomic mass is 9.87. The monoisotopic (exact) mass is 1790 g/mol. The molecule has 0 radical (unpaired) electrons. The SMILES string of the molecule is C=C[C@@H]1CC(=O)C[C@H](Cc2ccccc2)N1C(=O)OC(C)(C)C.C=C[C@@H]1CC2(C[C@H](Cc3ccccc3)N1C(=O)OC(C)(C)C)OCCO2.CC(C)(C)OC(=O)N1C=CC(=O)CC1Cc1ccccc1.CC(C)(C)OC(=O)N1[C@@H](Cc2ccccc2)CC2(C[C@H]1C=O)OCCO2.CC(C)(C)OC(=O)N1[C@H](CO)CC2(C[C@@H]1Cc1ccccc1)OCCO2.COc1ccncc1. The van der Waals surface area contributed by atoms with Crippen molar-refractivity contribution in [2.24, 2.45) is 0 Å². The minimum atomic E-state index is -0.788. The number of carbonyl (C=O) groups excluding carboxylic acids is 8. The fourth-order valence-electron chi connectivity index (χ4n) is 17.0. The molecule has 27 nitrogen and oxygen atoms in total. The first-order valence-corrected chi connectivity index (χ1v) is 45.1. The van der Waals surface area contributed by atoms with Gasteiger partial charge in [-0.3, -0.25) is 39.1 Å². The number of methoxy groups -OCH3 is 1. The van der Waals surface area contributed by atoms with E-state index in [0.29, 0.717) is 123 Å². The van der Waals surface area contributed by atoms with Gasteiger partial charge in [-0.25, -0.2) is 24.0 Å². The quantitative estimate of drug-likeness (QED) is 0.0567. The smallest absolute Gasteiger partial charge is 0.414 e. The molecule has 3 spiro atoms. The minimum Gasteiger partial charge on any atom is -0.497 e. The van der Waals surface area contributed by atoms with Crippen LogP contribution in [0.3, 0.4) is 0 Å². The lowest BCUT2D eigenvalue weighted by molar-refractivity contribution is -0.209. The molecule has 0 saturated carbocycles. The summed E-state index contributed by atoms with van der Waals surface area (Å²) in [5, 5.41) is 9.98. The molecule has 0 bridgehead atoms. The van der Waals surface area contributed by atoms with E-state index in [2.05, 4.69) is 30.3 Å². The normalized spacial score (nSPS) is 22.6. The summed E-state index contributed by atoms with van der Waals surface area (Å²) in [6.07, 6.45) is 16.0. The van der Waals surface area contributed by atoms with Crippen molar-refractivity contribution in [3.63, 3.8) is 0 Å². The molecule has 706 valence electrons. The third-order valence-corrected chi connectivity index (χ3v) is 22.2. The molecule has 0 aliphatic carbocycles. The average molecular weight is 1800 g/mol. The number of benzene rings is 5. The Balaban J connectivity index is 0.000000179. The number of ether oxygens (including phenoxy) is 12. The molecule has 5 aromatic carbocycles. The van der Waals surface area contributed by atoms with Crippen molar-refractivity contribution in [3.8, 4) is 5.75 Å². The lowest BCUT2D eigenvalue weighted by Crippen LogP contribution is -2.60. The highest BCUT2D eigenvalue weighted by molar-refractivity contribution is 5.92. The summed E-state index contributed by atoms with van der Waals surface area (Å²) < 4.78 is 68.1. The largest absolute Gasteiger partial charge is 0.497 e.